The normalized spacial score (nSPS) is 21.7. The van der Waals surface area contributed by atoms with Gasteiger partial charge in [0.2, 0.25) is 0 Å². The third-order valence-corrected chi connectivity index (χ3v) is 3.88. The van der Waals surface area contributed by atoms with E-state index in [0.29, 0.717) is 12.1 Å². The van der Waals surface area contributed by atoms with Crippen molar-refractivity contribution in [2.24, 2.45) is 0 Å². The Balaban J connectivity index is 2.01. The van der Waals surface area contributed by atoms with Gasteiger partial charge in [0.05, 0.1) is 6.04 Å². The minimum atomic E-state index is -0.524. The molecule has 0 radical (unpaired) electrons. The number of hydrogen-bond donors (Lipinski definition) is 1. The zero-order valence-corrected chi connectivity index (χ0v) is 14.2. The van der Waals surface area contributed by atoms with Gasteiger partial charge in [-0.25, -0.2) is 4.79 Å². The monoisotopic (exact) mass is 319 g/mol. The highest BCUT2D eigenvalue weighted by Crippen LogP contribution is 2.21. The smallest absolute Gasteiger partial charge is 0.410 e. The molecule has 0 saturated carbocycles. The molecule has 126 valence electrons. The number of likely N-dealkylation sites (tertiary alicyclic amines) is 1. The molecule has 2 unspecified atom stereocenters. The van der Waals surface area contributed by atoms with Gasteiger partial charge >= 0.3 is 6.09 Å². The number of nitrogens with one attached hydrogen (secondary N) is 1. The maximum absolute atomic E-state index is 12.3. The summed E-state index contributed by atoms with van der Waals surface area (Å²) >= 11 is 0. The minimum absolute atomic E-state index is 0.0862. The van der Waals surface area contributed by atoms with Gasteiger partial charge in [0.15, 0.2) is 0 Å². The first-order valence-corrected chi connectivity index (χ1v) is 7.98. The maximum atomic E-state index is 12.3. The number of pyridine rings is 1. The van der Waals surface area contributed by atoms with Crippen LogP contribution in [0.1, 0.15) is 50.9 Å². The zero-order chi connectivity index (χ0) is 17.0. The molecule has 1 aliphatic heterocycles. The van der Waals surface area contributed by atoms with Gasteiger partial charge in [-0.15, -0.1) is 0 Å². The standard InChI is InChI=1S/C17H25N3O3/c1-12-14(19-15(21)13-7-9-18-10-8-13)6-5-11-20(12)16(22)23-17(2,3)4/h7-10,12,14H,5-6,11H2,1-4H3,(H,19,21). The Morgan fingerprint density at radius 1 is 1.30 bits per heavy atom. The average Bonchev–Trinajstić information content (AvgIpc) is 2.48. The van der Waals surface area contributed by atoms with Crippen LogP contribution in [0.15, 0.2) is 24.5 Å². The van der Waals surface area contributed by atoms with Gasteiger partial charge in [-0.1, -0.05) is 0 Å². The van der Waals surface area contributed by atoms with E-state index >= 15 is 0 Å². The molecule has 23 heavy (non-hydrogen) atoms. The van der Waals surface area contributed by atoms with E-state index in [2.05, 4.69) is 10.3 Å². The number of carbonyl (C=O) groups excluding carboxylic acids is 2. The molecule has 1 aromatic heterocycles. The van der Waals surface area contributed by atoms with Gasteiger partial charge in [-0.05, 0) is 52.7 Å². The van der Waals surface area contributed by atoms with Crippen LogP contribution in [0.2, 0.25) is 0 Å². The molecule has 1 saturated heterocycles. The van der Waals surface area contributed by atoms with Crippen LogP contribution in [0.3, 0.4) is 0 Å². The Labute approximate surface area is 137 Å². The van der Waals surface area contributed by atoms with Gasteiger partial charge < -0.3 is 15.0 Å². The quantitative estimate of drug-likeness (QED) is 0.909. The third kappa shape index (κ3) is 4.68. The first kappa shape index (κ1) is 17.2. The number of nitrogens with zero attached hydrogens (tertiary/aromatic N) is 2. The summed E-state index contributed by atoms with van der Waals surface area (Å²) in [5.74, 6) is -0.143. The highest BCUT2D eigenvalue weighted by Gasteiger charge is 2.34. The number of aromatic nitrogens is 1. The number of hydrogen-bond acceptors (Lipinski definition) is 4. The molecular formula is C17H25N3O3. The molecule has 1 N–H and O–H groups in total. The molecule has 0 spiro atoms. The first-order valence-electron chi connectivity index (χ1n) is 7.98. The lowest BCUT2D eigenvalue weighted by molar-refractivity contribution is 0.00700. The van der Waals surface area contributed by atoms with E-state index in [0.717, 1.165) is 12.8 Å². The van der Waals surface area contributed by atoms with E-state index in [-0.39, 0.29) is 24.1 Å². The second kappa shape index (κ2) is 6.98. The summed E-state index contributed by atoms with van der Waals surface area (Å²) in [7, 11) is 0. The lowest BCUT2D eigenvalue weighted by Crippen LogP contribution is -2.56. The molecule has 1 fully saturated rings. The maximum Gasteiger partial charge on any atom is 0.410 e. The van der Waals surface area contributed by atoms with Crippen molar-refractivity contribution in [3.05, 3.63) is 30.1 Å². The third-order valence-electron chi connectivity index (χ3n) is 3.88. The molecule has 0 bridgehead atoms. The van der Waals surface area contributed by atoms with Crippen molar-refractivity contribution < 1.29 is 14.3 Å². The van der Waals surface area contributed by atoms with E-state index < -0.39 is 5.60 Å². The number of amides is 2. The highest BCUT2D eigenvalue weighted by atomic mass is 16.6. The summed E-state index contributed by atoms with van der Waals surface area (Å²) in [6, 6.07) is 3.16. The molecule has 1 aromatic rings. The second-order valence-corrected chi connectivity index (χ2v) is 6.87. The van der Waals surface area contributed by atoms with Gasteiger partial charge in [-0.3, -0.25) is 9.78 Å². The van der Waals surface area contributed by atoms with Crippen molar-refractivity contribution in [1.29, 1.82) is 0 Å². The van der Waals surface area contributed by atoms with Crippen molar-refractivity contribution in [3.63, 3.8) is 0 Å². The topological polar surface area (TPSA) is 71.5 Å². The van der Waals surface area contributed by atoms with Crippen molar-refractivity contribution in [2.75, 3.05) is 6.54 Å². The lowest BCUT2D eigenvalue weighted by atomic mass is 9.97. The molecule has 2 atom stereocenters. The number of carbonyl (C=O) groups is 2. The summed E-state index contributed by atoms with van der Waals surface area (Å²) in [5.41, 5.74) is 0.0471. The number of ether oxygens (including phenoxy) is 1. The SMILES string of the molecule is CC1C(NC(=O)c2ccncc2)CCCN1C(=O)OC(C)(C)C. The fourth-order valence-electron chi connectivity index (χ4n) is 2.67. The fourth-order valence-corrected chi connectivity index (χ4v) is 2.67. The van der Waals surface area contributed by atoms with E-state index in [1.807, 2.05) is 27.7 Å². The van der Waals surface area contributed by atoms with Crippen LogP contribution in [0, 0.1) is 0 Å². The van der Waals surface area contributed by atoms with Crippen LogP contribution in [0.5, 0.6) is 0 Å². The van der Waals surface area contributed by atoms with Crippen molar-refractivity contribution in [2.45, 2.75) is 58.2 Å². The fraction of sp³-hybridized carbons (Fsp3) is 0.588. The lowest BCUT2D eigenvalue weighted by Gasteiger charge is -2.40. The van der Waals surface area contributed by atoms with Crippen LogP contribution in [-0.4, -0.2) is 46.1 Å². The molecule has 2 amide bonds. The molecule has 6 heteroatoms. The van der Waals surface area contributed by atoms with Crippen molar-refractivity contribution in [1.82, 2.24) is 15.2 Å². The second-order valence-electron chi connectivity index (χ2n) is 6.87. The largest absolute Gasteiger partial charge is 0.444 e. The van der Waals surface area contributed by atoms with Gasteiger partial charge in [0.1, 0.15) is 5.60 Å². The Morgan fingerprint density at radius 3 is 2.57 bits per heavy atom. The van der Waals surface area contributed by atoms with Gasteiger partial charge in [-0.2, -0.15) is 0 Å². The van der Waals surface area contributed by atoms with Crippen molar-refractivity contribution >= 4 is 12.0 Å². The average molecular weight is 319 g/mol. The van der Waals surface area contributed by atoms with E-state index in [1.54, 1.807) is 29.4 Å². The summed E-state index contributed by atoms with van der Waals surface area (Å²) in [4.78, 5) is 30.2. The number of rotatable bonds is 2. The molecule has 2 rings (SSSR count). The van der Waals surface area contributed by atoms with Crippen LogP contribution < -0.4 is 5.32 Å². The summed E-state index contributed by atoms with van der Waals surface area (Å²) in [5, 5.41) is 3.02. The summed E-state index contributed by atoms with van der Waals surface area (Å²) in [6.07, 6.45) is 4.54. The molecule has 1 aliphatic rings. The Hall–Kier alpha value is -2.11. The molecule has 6 nitrogen and oxygen atoms in total. The van der Waals surface area contributed by atoms with Crippen LogP contribution in [0.25, 0.3) is 0 Å². The Bertz CT molecular complexity index is 554. The van der Waals surface area contributed by atoms with Crippen LogP contribution >= 0.6 is 0 Å². The van der Waals surface area contributed by atoms with E-state index in [1.165, 1.54) is 0 Å². The minimum Gasteiger partial charge on any atom is -0.444 e. The highest BCUT2D eigenvalue weighted by molar-refractivity contribution is 5.94. The van der Waals surface area contributed by atoms with E-state index in [9.17, 15) is 9.59 Å². The van der Waals surface area contributed by atoms with Crippen LogP contribution in [-0.2, 0) is 4.74 Å². The summed E-state index contributed by atoms with van der Waals surface area (Å²) < 4.78 is 5.45. The summed E-state index contributed by atoms with van der Waals surface area (Å²) in [6.45, 7) is 8.14. The van der Waals surface area contributed by atoms with Crippen LogP contribution in [0.4, 0.5) is 4.79 Å². The molecular weight excluding hydrogens is 294 g/mol. The molecule has 0 aromatic carbocycles. The Kier molecular flexibility index (Phi) is 5.23. The predicted molar refractivity (Wildman–Crippen MR) is 87.1 cm³/mol. The first-order chi connectivity index (χ1) is 10.8. The molecule has 0 aliphatic carbocycles. The van der Waals surface area contributed by atoms with Gasteiger partial charge in [0.25, 0.3) is 5.91 Å². The van der Waals surface area contributed by atoms with Crippen molar-refractivity contribution in [3.8, 4) is 0 Å². The predicted octanol–water partition coefficient (Wildman–Crippen LogP) is 2.60. The Morgan fingerprint density at radius 2 is 1.96 bits per heavy atom. The number of piperidine rings is 1. The van der Waals surface area contributed by atoms with E-state index in [4.69, 9.17) is 4.74 Å². The zero-order valence-electron chi connectivity index (χ0n) is 14.2. The molecule has 2 heterocycles. The van der Waals surface area contributed by atoms with Gasteiger partial charge in [0, 0.05) is 30.5 Å².